The average Bonchev–Trinajstić information content (AvgIpc) is 3.46. The Bertz CT molecular complexity index is 1240. The number of halogens is 1. The summed E-state index contributed by atoms with van der Waals surface area (Å²) in [6.45, 7) is 5.30. The van der Waals surface area contributed by atoms with Gasteiger partial charge in [0.2, 0.25) is 11.0 Å². The maximum absolute atomic E-state index is 13.0. The molecule has 4 heterocycles. The Balaban J connectivity index is 0.989. The first kappa shape index (κ1) is 25.1. The van der Waals surface area contributed by atoms with E-state index in [0.29, 0.717) is 17.1 Å². The van der Waals surface area contributed by atoms with Gasteiger partial charge in [-0.15, -0.1) is 10.2 Å². The second kappa shape index (κ2) is 10.5. The summed E-state index contributed by atoms with van der Waals surface area (Å²) in [7, 11) is 0. The summed E-state index contributed by atoms with van der Waals surface area (Å²) in [5.41, 5.74) is 3.67. The van der Waals surface area contributed by atoms with Crippen LogP contribution in [0, 0.1) is 5.41 Å². The van der Waals surface area contributed by atoms with Gasteiger partial charge in [-0.1, -0.05) is 47.2 Å². The molecule has 3 aliphatic heterocycles. The largest absolute Gasteiger partial charge is 0.593 e. The molecule has 11 heteroatoms. The SMILES string of the molecule is O=C1C[C@H]([S+]([O-])Nc2nnc(CCc3ccc(Cl)cc3)s2)CN1c1ccc(CN2CC3(COC3)C2)cc1. The fraction of sp³-hybridized carbons (Fsp3) is 0.423. The van der Waals surface area contributed by atoms with E-state index in [1.807, 2.05) is 36.4 Å². The number of ether oxygens (including phenoxy) is 1. The lowest BCUT2D eigenvalue weighted by Gasteiger charge is -2.55. The lowest BCUT2D eigenvalue weighted by molar-refractivity contribution is -0.191. The van der Waals surface area contributed by atoms with Gasteiger partial charge in [-0.05, 0) is 41.8 Å². The van der Waals surface area contributed by atoms with Crippen LogP contribution in [0.5, 0.6) is 0 Å². The highest BCUT2D eigenvalue weighted by molar-refractivity contribution is 7.93. The van der Waals surface area contributed by atoms with Gasteiger partial charge in [-0.2, -0.15) is 4.72 Å². The van der Waals surface area contributed by atoms with Crippen molar-refractivity contribution >= 4 is 51.0 Å². The number of carbonyl (C=O) groups excluding carboxylic acids is 1. The van der Waals surface area contributed by atoms with Crippen molar-refractivity contribution in [3.8, 4) is 0 Å². The third-order valence-electron chi connectivity index (χ3n) is 7.18. The molecule has 2 atom stereocenters. The maximum Gasteiger partial charge on any atom is 0.247 e. The number of aromatic nitrogens is 2. The van der Waals surface area contributed by atoms with Gasteiger partial charge in [0.25, 0.3) is 0 Å². The standard InChI is InChI=1S/C26H28ClN5O3S2/c27-20-6-1-18(2-7-20)5-10-23-28-29-25(36-23)30-37(34)22-11-24(33)32(13-22)21-8-3-19(4-9-21)12-31-14-26(15-31)16-35-17-26/h1-4,6-9,22H,5,10-17H2,(H,29,30)/t22-,37?/m0/s1. The van der Waals surface area contributed by atoms with E-state index in [-0.39, 0.29) is 17.6 Å². The smallest absolute Gasteiger partial charge is 0.247 e. The summed E-state index contributed by atoms with van der Waals surface area (Å²) in [6.07, 6.45) is 1.81. The van der Waals surface area contributed by atoms with Gasteiger partial charge in [-0.3, -0.25) is 9.69 Å². The predicted octanol–water partition coefficient (Wildman–Crippen LogP) is 3.69. The zero-order valence-electron chi connectivity index (χ0n) is 20.3. The minimum Gasteiger partial charge on any atom is -0.593 e. The summed E-state index contributed by atoms with van der Waals surface area (Å²) in [5.74, 6) is -0.0107. The molecule has 3 saturated heterocycles. The maximum atomic E-state index is 13.0. The van der Waals surface area contributed by atoms with E-state index in [0.717, 1.165) is 61.4 Å². The van der Waals surface area contributed by atoms with Gasteiger partial charge in [0.1, 0.15) is 5.01 Å². The molecular formula is C26H28ClN5O3S2. The van der Waals surface area contributed by atoms with E-state index in [9.17, 15) is 9.35 Å². The summed E-state index contributed by atoms with van der Waals surface area (Å²) < 4.78 is 21.3. The number of aryl methyl sites for hydroxylation is 2. The van der Waals surface area contributed by atoms with Gasteiger partial charge in [-0.25, -0.2) is 0 Å². The Kier molecular flexibility index (Phi) is 7.13. The lowest BCUT2D eigenvalue weighted by atomic mass is 9.78. The molecule has 1 N–H and O–H groups in total. The molecular weight excluding hydrogens is 530 g/mol. The molecule has 2 aromatic carbocycles. The number of likely N-dealkylation sites (tertiary alicyclic amines) is 1. The highest BCUT2D eigenvalue weighted by Gasteiger charge is 2.48. The van der Waals surface area contributed by atoms with Crippen molar-refractivity contribution in [2.45, 2.75) is 31.1 Å². The first-order valence-corrected chi connectivity index (χ1v) is 14.8. The Morgan fingerprint density at radius 1 is 1.08 bits per heavy atom. The summed E-state index contributed by atoms with van der Waals surface area (Å²) in [4.78, 5) is 16.9. The first-order valence-electron chi connectivity index (χ1n) is 12.4. The van der Waals surface area contributed by atoms with Crippen LogP contribution in [0.1, 0.15) is 22.6 Å². The molecule has 0 bridgehead atoms. The van der Waals surface area contributed by atoms with Crippen molar-refractivity contribution in [3.05, 3.63) is 69.7 Å². The molecule has 3 fully saturated rings. The molecule has 1 aromatic heterocycles. The number of rotatable bonds is 9. The quantitative estimate of drug-likeness (QED) is 0.401. The highest BCUT2D eigenvalue weighted by atomic mass is 35.5. The molecule has 0 aliphatic carbocycles. The molecule has 194 valence electrons. The number of carbonyl (C=O) groups is 1. The van der Waals surface area contributed by atoms with Gasteiger partial charge in [0.05, 0.1) is 37.5 Å². The van der Waals surface area contributed by atoms with Crippen LogP contribution in [0.4, 0.5) is 10.8 Å². The number of anilines is 2. The van der Waals surface area contributed by atoms with E-state index in [1.165, 1.54) is 22.5 Å². The van der Waals surface area contributed by atoms with E-state index >= 15 is 0 Å². The molecule has 37 heavy (non-hydrogen) atoms. The normalized spacial score (nSPS) is 21.6. The van der Waals surface area contributed by atoms with Gasteiger partial charge in [0.15, 0.2) is 5.25 Å². The van der Waals surface area contributed by atoms with Crippen LogP contribution in [-0.2, 0) is 40.3 Å². The molecule has 3 aliphatic rings. The highest BCUT2D eigenvalue weighted by Crippen LogP contribution is 2.38. The van der Waals surface area contributed by atoms with Crippen LogP contribution in [0.25, 0.3) is 0 Å². The van der Waals surface area contributed by atoms with E-state index in [2.05, 4.69) is 32.0 Å². The Morgan fingerprint density at radius 2 is 1.81 bits per heavy atom. The van der Waals surface area contributed by atoms with Crippen molar-refractivity contribution in [1.29, 1.82) is 0 Å². The number of benzene rings is 2. The molecule has 3 aromatic rings. The van der Waals surface area contributed by atoms with Crippen LogP contribution in [0.3, 0.4) is 0 Å². The van der Waals surface area contributed by atoms with Crippen molar-refractivity contribution in [1.82, 2.24) is 15.1 Å². The molecule has 8 nitrogen and oxygen atoms in total. The number of amides is 1. The Labute approximate surface area is 228 Å². The first-order chi connectivity index (χ1) is 17.9. The third-order valence-corrected chi connectivity index (χ3v) is 9.77. The van der Waals surface area contributed by atoms with Crippen LogP contribution in [0.2, 0.25) is 5.02 Å². The van der Waals surface area contributed by atoms with Crippen LogP contribution < -0.4 is 9.62 Å². The molecule has 0 saturated carbocycles. The number of hydrogen-bond donors (Lipinski definition) is 1. The van der Waals surface area contributed by atoms with E-state index in [1.54, 1.807) is 4.90 Å². The van der Waals surface area contributed by atoms with Crippen LogP contribution >= 0.6 is 22.9 Å². The van der Waals surface area contributed by atoms with Crippen LogP contribution in [0.15, 0.2) is 48.5 Å². The lowest BCUT2D eigenvalue weighted by Crippen LogP contribution is -2.65. The van der Waals surface area contributed by atoms with Crippen molar-refractivity contribution in [2.75, 3.05) is 42.5 Å². The molecule has 1 amide bonds. The third kappa shape index (κ3) is 5.64. The molecule has 6 rings (SSSR count). The Hall–Kier alpha value is -2.21. The zero-order chi connectivity index (χ0) is 25.4. The summed E-state index contributed by atoms with van der Waals surface area (Å²) in [5, 5.41) is 10.2. The fourth-order valence-corrected chi connectivity index (χ4v) is 7.25. The molecule has 1 unspecified atom stereocenters. The number of nitrogens with zero attached hydrogens (tertiary/aromatic N) is 4. The van der Waals surface area contributed by atoms with Gasteiger partial charge >= 0.3 is 0 Å². The van der Waals surface area contributed by atoms with Gasteiger partial charge in [0, 0.05) is 42.2 Å². The zero-order valence-corrected chi connectivity index (χ0v) is 22.7. The molecule has 0 radical (unpaired) electrons. The minimum atomic E-state index is -1.44. The van der Waals surface area contributed by atoms with E-state index in [4.69, 9.17) is 16.3 Å². The second-order valence-electron chi connectivity index (χ2n) is 10.2. The van der Waals surface area contributed by atoms with Gasteiger partial charge < -0.3 is 14.2 Å². The monoisotopic (exact) mass is 557 g/mol. The van der Waals surface area contributed by atoms with Crippen molar-refractivity contribution in [2.24, 2.45) is 5.41 Å². The Morgan fingerprint density at radius 3 is 2.51 bits per heavy atom. The van der Waals surface area contributed by atoms with Crippen molar-refractivity contribution < 1.29 is 14.1 Å². The summed E-state index contributed by atoms with van der Waals surface area (Å²) >= 11 is 5.90. The second-order valence-corrected chi connectivity index (χ2v) is 13.1. The number of hydrogen-bond acceptors (Lipinski definition) is 8. The minimum absolute atomic E-state index is 0.0107. The number of nitrogens with one attached hydrogen (secondary N) is 1. The average molecular weight is 558 g/mol. The van der Waals surface area contributed by atoms with Crippen LogP contribution in [-0.4, -0.2) is 63.7 Å². The fourth-order valence-electron chi connectivity index (χ4n) is 5.16. The topological polar surface area (TPSA) is 93.6 Å². The predicted molar refractivity (Wildman–Crippen MR) is 146 cm³/mol. The van der Waals surface area contributed by atoms with Crippen molar-refractivity contribution in [3.63, 3.8) is 0 Å². The van der Waals surface area contributed by atoms with E-state index < -0.39 is 11.4 Å². The molecule has 1 spiro atoms. The summed E-state index contributed by atoms with van der Waals surface area (Å²) in [6, 6.07) is 15.9.